The molecule has 0 spiro atoms. The van der Waals surface area contributed by atoms with E-state index in [0.717, 1.165) is 22.3 Å². The van der Waals surface area contributed by atoms with E-state index in [-0.39, 0.29) is 5.97 Å². The molecule has 0 atom stereocenters. The van der Waals surface area contributed by atoms with E-state index in [0.29, 0.717) is 5.56 Å². The van der Waals surface area contributed by atoms with Crippen molar-refractivity contribution in [2.75, 3.05) is 7.11 Å². The van der Waals surface area contributed by atoms with Gasteiger partial charge in [0, 0.05) is 0 Å². The molecule has 2 heteroatoms. The van der Waals surface area contributed by atoms with Gasteiger partial charge in [0.25, 0.3) is 0 Å². The van der Waals surface area contributed by atoms with E-state index < -0.39 is 0 Å². The van der Waals surface area contributed by atoms with Crippen LogP contribution >= 0.6 is 0 Å². The van der Waals surface area contributed by atoms with Gasteiger partial charge in [-0.25, -0.2) is 4.79 Å². The Morgan fingerprint density at radius 3 is 1.88 bits per heavy atom. The molecule has 0 amide bonds. The number of carbonyl (C=O) groups excluding carboxylic acids is 1. The second-order valence-electron chi connectivity index (χ2n) is 6.81. The van der Waals surface area contributed by atoms with Crippen LogP contribution in [0.5, 0.6) is 0 Å². The van der Waals surface area contributed by atoms with Crippen LogP contribution in [0.3, 0.4) is 0 Å². The van der Waals surface area contributed by atoms with Crippen LogP contribution in [0.15, 0.2) is 54.6 Å². The minimum Gasteiger partial charge on any atom is -0.465 e. The van der Waals surface area contributed by atoms with E-state index in [9.17, 15) is 4.79 Å². The first-order valence-electron chi connectivity index (χ1n) is 8.79. The number of methoxy groups -OCH3 is 1. The van der Waals surface area contributed by atoms with Crippen molar-refractivity contribution in [1.82, 2.24) is 0 Å². The number of carbonyl (C=O) groups is 1. The molecule has 0 unspecified atom stereocenters. The molecule has 0 heterocycles. The molecule has 0 aliphatic carbocycles. The molecule has 0 saturated carbocycles. The third-order valence-electron chi connectivity index (χ3n) is 4.82. The summed E-state index contributed by atoms with van der Waals surface area (Å²) < 4.78 is 5.02. The third kappa shape index (κ3) is 3.15. The van der Waals surface area contributed by atoms with Crippen LogP contribution in [0.25, 0.3) is 22.3 Å². The molecule has 0 aliphatic heterocycles. The van der Waals surface area contributed by atoms with Crippen LogP contribution in [-0.2, 0) is 4.74 Å². The topological polar surface area (TPSA) is 26.3 Å². The van der Waals surface area contributed by atoms with Crippen LogP contribution in [0, 0.1) is 27.7 Å². The van der Waals surface area contributed by atoms with Crippen molar-refractivity contribution in [3.63, 3.8) is 0 Å². The number of rotatable bonds is 3. The molecule has 0 aromatic heterocycles. The first kappa shape index (κ1) is 17.9. The molecular weight excluding hydrogens is 320 g/mol. The highest BCUT2D eigenvalue weighted by molar-refractivity contribution is 6.01. The zero-order valence-electron chi connectivity index (χ0n) is 16.0. The van der Waals surface area contributed by atoms with Gasteiger partial charge in [0.1, 0.15) is 0 Å². The highest BCUT2D eigenvalue weighted by Crippen LogP contribution is 2.39. The van der Waals surface area contributed by atoms with Gasteiger partial charge in [-0.1, -0.05) is 54.1 Å². The molecule has 0 fully saturated rings. The Labute approximate surface area is 155 Å². The Balaban J connectivity index is 2.34. The number of hydrogen-bond acceptors (Lipinski definition) is 2. The second kappa shape index (κ2) is 7.17. The zero-order chi connectivity index (χ0) is 18.8. The van der Waals surface area contributed by atoms with Crippen molar-refractivity contribution in [3.05, 3.63) is 82.4 Å². The van der Waals surface area contributed by atoms with Crippen LogP contribution in [0.1, 0.15) is 32.6 Å². The molecular formula is C24H24O2. The van der Waals surface area contributed by atoms with Gasteiger partial charge in [-0.2, -0.15) is 0 Å². The minimum absolute atomic E-state index is 0.309. The monoisotopic (exact) mass is 344 g/mol. The molecule has 0 N–H and O–H groups in total. The summed E-state index contributed by atoms with van der Waals surface area (Å²) in [5.41, 5.74) is 9.76. The Morgan fingerprint density at radius 1 is 0.731 bits per heavy atom. The maximum atomic E-state index is 12.4. The summed E-state index contributed by atoms with van der Waals surface area (Å²) in [6.07, 6.45) is 0. The average Bonchev–Trinajstić information content (AvgIpc) is 2.60. The number of benzene rings is 3. The molecule has 0 saturated heterocycles. The van der Waals surface area contributed by atoms with Crippen molar-refractivity contribution in [2.45, 2.75) is 27.7 Å². The van der Waals surface area contributed by atoms with Crippen molar-refractivity contribution in [1.29, 1.82) is 0 Å². The highest BCUT2D eigenvalue weighted by Gasteiger charge is 2.19. The van der Waals surface area contributed by atoms with E-state index in [2.05, 4.69) is 45.0 Å². The normalized spacial score (nSPS) is 10.7. The lowest BCUT2D eigenvalue weighted by Gasteiger charge is -2.19. The Morgan fingerprint density at radius 2 is 1.31 bits per heavy atom. The molecule has 3 aromatic rings. The predicted molar refractivity (Wildman–Crippen MR) is 108 cm³/mol. The molecule has 132 valence electrons. The van der Waals surface area contributed by atoms with Crippen molar-refractivity contribution >= 4 is 5.97 Å². The predicted octanol–water partition coefficient (Wildman–Crippen LogP) is 6.04. The van der Waals surface area contributed by atoms with Gasteiger partial charge in [-0.3, -0.25) is 0 Å². The molecule has 0 aliphatic rings. The summed E-state index contributed by atoms with van der Waals surface area (Å²) in [7, 11) is 1.43. The van der Waals surface area contributed by atoms with Gasteiger partial charge < -0.3 is 4.74 Å². The number of hydrogen-bond donors (Lipinski definition) is 0. The standard InChI is InChI=1S/C24H24O2/c1-15-13-17(3)22(18(4)14-15)19-10-6-7-11-20(19)23-16(2)9-8-12-21(23)24(25)26-5/h6-14H,1-5H3. The largest absolute Gasteiger partial charge is 0.465 e. The smallest absolute Gasteiger partial charge is 0.338 e. The summed E-state index contributed by atoms with van der Waals surface area (Å²) >= 11 is 0. The summed E-state index contributed by atoms with van der Waals surface area (Å²) in [5, 5.41) is 0. The first-order chi connectivity index (χ1) is 12.4. The van der Waals surface area contributed by atoms with E-state index in [1.54, 1.807) is 0 Å². The van der Waals surface area contributed by atoms with Gasteiger partial charge >= 0.3 is 5.97 Å². The summed E-state index contributed by atoms with van der Waals surface area (Å²) in [4.78, 5) is 12.4. The fourth-order valence-corrected chi connectivity index (χ4v) is 3.83. The Hall–Kier alpha value is -2.87. The van der Waals surface area contributed by atoms with Gasteiger partial charge in [0.2, 0.25) is 0 Å². The maximum Gasteiger partial charge on any atom is 0.338 e. The molecule has 0 radical (unpaired) electrons. The summed E-state index contributed by atoms with van der Waals surface area (Å²) in [5.74, 6) is -0.309. The van der Waals surface area contributed by atoms with E-state index >= 15 is 0 Å². The fraction of sp³-hybridized carbons (Fsp3) is 0.208. The van der Waals surface area contributed by atoms with Crippen LogP contribution in [0.4, 0.5) is 0 Å². The van der Waals surface area contributed by atoms with Crippen molar-refractivity contribution in [3.8, 4) is 22.3 Å². The molecule has 0 bridgehead atoms. The highest BCUT2D eigenvalue weighted by atomic mass is 16.5. The molecule has 2 nitrogen and oxygen atoms in total. The van der Waals surface area contributed by atoms with E-state index in [1.165, 1.54) is 29.4 Å². The lowest BCUT2D eigenvalue weighted by atomic mass is 9.85. The van der Waals surface area contributed by atoms with Gasteiger partial charge in [-0.05, 0) is 72.7 Å². The Kier molecular flexibility index (Phi) is 4.94. The SMILES string of the molecule is COC(=O)c1cccc(C)c1-c1ccccc1-c1c(C)cc(C)cc1C. The summed E-state index contributed by atoms with van der Waals surface area (Å²) in [6.45, 7) is 8.44. The van der Waals surface area contributed by atoms with E-state index in [1.807, 2.05) is 37.3 Å². The molecule has 3 aromatic carbocycles. The van der Waals surface area contributed by atoms with Crippen LogP contribution in [-0.4, -0.2) is 13.1 Å². The van der Waals surface area contributed by atoms with Gasteiger partial charge in [-0.15, -0.1) is 0 Å². The summed E-state index contributed by atoms with van der Waals surface area (Å²) in [6, 6.07) is 18.5. The minimum atomic E-state index is -0.309. The number of aryl methyl sites for hydroxylation is 4. The Bertz CT molecular complexity index is 960. The van der Waals surface area contributed by atoms with Gasteiger partial charge in [0.05, 0.1) is 12.7 Å². The average molecular weight is 344 g/mol. The first-order valence-corrected chi connectivity index (χ1v) is 8.79. The number of esters is 1. The van der Waals surface area contributed by atoms with Crippen LogP contribution in [0.2, 0.25) is 0 Å². The van der Waals surface area contributed by atoms with Crippen LogP contribution < -0.4 is 0 Å². The molecule has 3 rings (SSSR count). The maximum absolute atomic E-state index is 12.4. The van der Waals surface area contributed by atoms with E-state index in [4.69, 9.17) is 4.74 Å². The lowest BCUT2D eigenvalue weighted by molar-refractivity contribution is 0.0601. The van der Waals surface area contributed by atoms with Crippen molar-refractivity contribution < 1.29 is 9.53 Å². The second-order valence-corrected chi connectivity index (χ2v) is 6.81. The fourth-order valence-electron chi connectivity index (χ4n) is 3.83. The quantitative estimate of drug-likeness (QED) is 0.541. The zero-order valence-corrected chi connectivity index (χ0v) is 16.0. The molecule has 26 heavy (non-hydrogen) atoms. The van der Waals surface area contributed by atoms with Crippen molar-refractivity contribution in [2.24, 2.45) is 0 Å². The van der Waals surface area contributed by atoms with Gasteiger partial charge in [0.15, 0.2) is 0 Å². The third-order valence-corrected chi connectivity index (χ3v) is 4.82. The lowest BCUT2D eigenvalue weighted by Crippen LogP contribution is -2.05. The number of ether oxygens (including phenoxy) is 1.